The van der Waals surface area contributed by atoms with Gasteiger partial charge < -0.3 is 15.9 Å². The lowest BCUT2D eigenvalue weighted by atomic mass is 10.2. The lowest BCUT2D eigenvalue weighted by Crippen LogP contribution is -2.47. The summed E-state index contributed by atoms with van der Waals surface area (Å²) in [7, 11) is 0. The molecule has 0 amide bonds. The van der Waals surface area contributed by atoms with E-state index in [2.05, 4.69) is 10.3 Å². The van der Waals surface area contributed by atoms with E-state index in [0.717, 1.165) is 6.42 Å². The van der Waals surface area contributed by atoms with Crippen LogP contribution in [0.4, 0.5) is 0 Å². The van der Waals surface area contributed by atoms with Crippen molar-refractivity contribution in [3.05, 3.63) is 18.7 Å². The quantitative estimate of drug-likeness (QED) is 0.462. The number of aromatic nitrogens is 2. The lowest BCUT2D eigenvalue weighted by Gasteiger charge is -2.16. The molecule has 4 N–H and O–H groups in total. The van der Waals surface area contributed by atoms with E-state index >= 15 is 0 Å². The van der Waals surface area contributed by atoms with Crippen LogP contribution >= 0.6 is 0 Å². The van der Waals surface area contributed by atoms with Crippen molar-refractivity contribution in [3.63, 3.8) is 0 Å². The van der Waals surface area contributed by atoms with Crippen LogP contribution < -0.4 is 15.9 Å². The summed E-state index contributed by atoms with van der Waals surface area (Å²) in [5, 5.41) is 9.63. The zero-order valence-electron chi connectivity index (χ0n) is 9.01. The van der Waals surface area contributed by atoms with Gasteiger partial charge in [0.25, 0.3) is 0 Å². The molecule has 0 radical (unpaired) electrons. The highest BCUT2D eigenvalue weighted by Gasteiger charge is 2.20. The van der Waals surface area contributed by atoms with Gasteiger partial charge >= 0.3 is 5.97 Å². The average Bonchev–Trinajstić information content (AvgIpc) is 2.69. The standard InChI is InChI=1S/C9H15N5O2/c1-2-3-7(13-9(10)11)8(15)16-14-5-4-12-6-14/h4-7H,2-3H2,1H3,(H4,10,11,13). The minimum Gasteiger partial charge on any atom is -0.370 e. The van der Waals surface area contributed by atoms with E-state index in [-0.39, 0.29) is 5.96 Å². The van der Waals surface area contributed by atoms with Gasteiger partial charge in [-0.05, 0) is 6.42 Å². The number of nitrogens with one attached hydrogen (secondary N) is 2. The number of hydrogen-bond donors (Lipinski definition) is 3. The fraction of sp³-hybridized carbons (Fsp3) is 0.444. The first-order valence-electron chi connectivity index (χ1n) is 4.94. The summed E-state index contributed by atoms with van der Waals surface area (Å²) in [6.45, 7) is 1.93. The number of guanidine groups is 1. The Balaban J connectivity index is 2.56. The van der Waals surface area contributed by atoms with E-state index < -0.39 is 12.0 Å². The van der Waals surface area contributed by atoms with Gasteiger partial charge in [0.2, 0.25) is 0 Å². The molecule has 1 unspecified atom stereocenters. The van der Waals surface area contributed by atoms with Crippen LogP contribution in [0.3, 0.4) is 0 Å². The number of rotatable bonds is 5. The number of hydrogen-bond acceptors (Lipinski definition) is 4. The molecular weight excluding hydrogens is 210 g/mol. The molecule has 0 fully saturated rings. The van der Waals surface area contributed by atoms with Crippen LogP contribution in [0.2, 0.25) is 0 Å². The topological polar surface area (TPSA) is 106 Å². The summed E-state index contributed by atoms with van der Waals surface area (Å²) in [6, 6.07) is -0.607. The van der Waals surface area contributed by atoms with Gasteiger partial charge in [0.15, 0.2) is 5.96 Å². The van der Waals surface area contributed by atoms with Crippen molar-refractivity contribution in [2.75, 3.05) is 0 Å². The van der Waals surface area contributed by atoms with Crippen molar-refractivity contribution < 1.29 is 9.63 Å². The molecule has 0 bridgehead atoms. The number of carbonyl (C=O) groups excluding carboxylic acids is 1. The van der Waals surface area contributed by atoms with Crippen LogP contribution in [-0.2, 0) is 4.79 Å². The maximum atomic E-state index is 11.7. The Morgan fingerprint density at radius 2 is 2.50 bits per heavy atom. The fourth-order valence-electron chi connectivity index (χ4n) is 1.19. The zero-order valence-corrected chi connectivity index (χ0v) is 9.01. The molecule has 1 aromatic heterocycles. The van der Waals surface area contributed by atoms with Gasteiger partial charge in [0, 0.05) is 6.20 Å². The molecular formula is C9H15N5O2. The van der Waals surface area contributed by atoms with Crippen LogP contribution in [0.5, 0.6) is 0 Å². The maximum absolute atomic E-state index is 11.7. The highest BCUT2D eigenvalue weighted by molar-refractivity contribution is 5.83. The van der Waals surface area contributed by atoms with Gasteiger partial charge in [0.1, 0.15) is 12.4 Å². The third-order valence-electron chi connectivity index (χ3n) is 1.87. The Kier molecular flexibility index (Phi) is 4.31. The second-order valence-electron chi connectivity index (χ2n) is 3.23. The molecule has 1 heterocycles. The Hall–Kier alpha value is -2.05. The van der Waals surface area contributed by atoms with Gasteiger partial charge in [-0.3, -0.25) is 5.41 Å². The predicted octanol–water partition coefficient (Wildman–Crippen LogP) is -0.510. The van der Waals surface area contributed by atoms with Crippen LogP contribution in [-0.4, -0.2) is 27.7 Å². The van der Waals surface area contributed by atoms with E-state index in [0.29, 0.717) is 6.42 Å². The fourth-order valence-corrected chi connectivity index (χ4v) is 1.19. The summed E-state index contributed by atoms with van der Waals surface area (Å²) in [4.78, 5) is 20.4. The van der Waals surface area contributed by atoms with E-state index in [1.165, 1.54) is 23.5 Å². The van der Waals surface area contributed by atoms with Crippen LogP contribution in [0.15, 0.2) is 18.7 Å². The zero-order chi connectivity index (χ0) is 12.0. The molecule has 0 spiro atoms. The Bertz CT molecular complexity index is 349. The normalized spacial score (nSPS) is 11.8. The molecule has 0 saturated carbocycles. The Morgan fingerprint density at radius 1 is 1.75 bits per heavy atom. The minimum atomic E-state index is -0.607. The van der Waals surface area contributed by atoms with Crippen LogP contribution in [0, 0.1) is 5.41 Å². The summed E-state index contributed by atoms with van der Waals surface area (Å²) in [5.74, 6) is -0.740. The molecule has 0 aliphatic heterocycles. The van der Waals surface area contributed by atoms with Crippen molar-refractivity contribution in [1.82, 2.24) is 15.0 Å². The molecule has 7 heteroatoms. The highest BCUT2D eigenvalue weighted by atomic mass is 16.7. The van der Waals surface area contributed by atoms with Gasteiger partial charge in [-0.1, -0.05) is 13.3 Å². The lowest BCUT2D eigenvalue weighted by molar-refractivity contribution is -0.146. The van der Waals surface area contributed by atoms with Crippen molar-refractivity contribution in [2.45, 2.75) is 25.8 Å². The molecule has 1 rings (SSSR count). The van der Waals surface area contributed by atoms with Gasteiger partial charge in [-0.2, -0.15) is 4.73 Å². The monoisotopic (exact) mass is 225 g/mol. The average molecular weight is 225 g/mol. The number of carbonyl (C=O) groups is 1. The molecule has 0 aliphatic carbocycles. The number of imidazole rings is 1. The third kappa shape index (κ3) is 3.60. The van der Waals surface area contributed by atoms with Gasteiger partial charge in [0.05, 0.1) is 6.20 Å². The van der Waals surface area contributed by atoms with Crippen LogP contribution in [0.1, 0.15) is 19.8 Å². The smallest absolute Gasteiger partial charge is 0.354 e. The summed E-state index contributed by atoms with van der Waals surface area (Å²) >= 11 is 0. The van der Waals surface area contributed by atoms with Gasteiger partial charge in [-0.25, -0.2) is 9.78 Å². The molecule has 7 nitrogen and oxygen atoms in total. The second kappa shape index (κ2) is 5.74. The summed E-state index contributed by atoms with van der Waals surface area (Å²) in [6.07, 6.45) is 5.71. The van der Waals surface area contributed by atoms with E-state index in [9.17, 15) is 4.79 Å². The maximum Gasteiger partial charge on any atom is 0.354 e. The number of nitrogens with zero attached hydrogens (tertiary/aromatic N) is 2. The van der Waals surface area contributed by atoms with Crippen molar-refractivity contribution >= 4 is 11.9 Å². The SMILES string of the molecule is CCCC(NC(=N)N)C(=O)On1ccnc1. The second-order valence-corrected chi connectivity index (χ2v) is 3.23. The Morgan fingerprint density at radius 3 is 3.00 bits per heavy atom. The van der Waals surface area contributed by atoms with Crippen molar-refractivity contribution in [2.24, 2.45) is 5.73 Å². The predicted molar refractivity (Wildman–Crippen MR) is 57.6 cm³/mol. The molecule has 16 heavy (non-hydrogen) atoms. The highest BCUT2D eigenvalue weighted by Crippen LogP contribution is 1.98. The van der Waals surface area contributed by atoms with Crippen molar-refractivity contribution in [1.29, 1.82) is 5.41 Å². The molecule has 1 atom stereocenters. The molecule has 0 aromatic carbocycles. The van der Waals surface area contributed by atoms with E-state index in [4.69, 9.17) is 16.0 Å². The molecule has 1 aromatic rings. The first kappa shape index (κ1) is 12.0. The minimum absolute atomic E-state index is 0.249. The van der Waals surface area contributed by atoms with E-state index in [1.807, 2.05) is 6.92 Å². The summed E-state index contributed by atoms with van der Waals surface area (Å²) in [5.41, 5.74) is 5.18. The first-order valence-corrected chi connectivity index (χ1v) is 4.94. The van der Waals surface area contributed by atoms with Crippen molar-refractivity contribution in [3.8, 4) is 0 Å². The molecule has 88 valence electrons. The molecule has 0 aliphatic rings. The van der Waals surface area contributed by atoms with E-state index in [1.54, 1.807) is 0 Å². The third-order valence-corrected chi connectivity index (χ3v) is 1.87. The summed E-state index contributed by atoms with van der Waals surface area (Å²) < 4.78 is 1.20. The van der Waals surface area contributed by atoms with Gasteiger partial charge in [-0.15, -0.1) is 0 Å². The molecule has 0 saturated heterocycles. The largest absolute Gasteiger partial charge is 0.370 e. The van der Waals surface area contributed by atoms with Crippen LogP contribution in [0.25, 0.3) is 0 Å². The first-order chi connectivity index (χ1) is 7.63. The number of nitrogens with two attached hydrogens (primary N) is 1. The Labute approximate surface area is 93.1 Å².